The molecule has 3 aliphatic rings. The third-order valence-electron chi connectivity index (χ3n) is 14.3. The zero-order valence-electron chi connectivity index (χ0n) is 70.6. The molecule has 108 heavy (non-hydrogen) atoms. The molecule has 0 atom stereocenters. The van der Waals surface area contributed by atoms with E-state index < -0.39 is 34.3 Å². The number of likely N-dealkylation sites (N-methyl/N-ethyl adjacent to an activating group) is 2. The number of piperidine rings is 1. The second-order valence-electron chi connectivity index (χ2n) is 27.8. The molecule has 0 aromatic heterocycles. The molecule has 0 aromatic rings. The molecule has 0 unspecified atom stereocenters. The van der Waals surface area contributed by atoms with Gasteiger partial charge in [-0.1, -0.05) is 193 Å². The number of carbonyl (C=O) groups excluding carboxylic acids is 10. The summed E-state index contributed by atoms with van der Waals surface area (Å²) in [5.41, 5.74) is 0.743. The van der Waals surface area contributed by atoms with Crippen molar-refractivity contribution in [3.8, 4) is 11.8 Å². The number of Topliss-reactive ketones (excluding diaryl/α,β-unsaturated/α-hetero) is 3. The molecule has 3 aliphatic heterocycles. The second-order valence-corrected chi connectivity index (χ2v) is 30.3. The zero-order valence-corrected chi connectivity index (χ0v) is 71.4. The first-order chi connectivity index (χ1) is 49.6. The van der Waals surface area contributed by atoms with Crippen LogP contribution in [0.5, 0.6) is 0 Å². The predicted molar refractivity (Wildman–Crippen MR) is 447 cm³/mol. The third-order valence-corrected chi connectivity index (χ3v) is 16.0. The summed E-state index contributed by atoms with van der Waals surface area (Å²) < 4.78 is 61.0. The molecule has 18 nitrogen and oxygen atoms in total. The Kier molecular flexibility index (Phi) is 85.1. The number of halogens is 3. The normalized spacial score (nSPS) is 13.7. The SMILES string of the molecule is C.C=C(CCC)C(C)=O.C=C(F)C(=O)C(C)C.C=CC(=O)C(C)C.C=CS(=O)(=O)C(C)C.CC#CC(=O)C(C)C.CC(=O)/C=C/CF.CC(=O)/C=C/CN1CC(F)C1.CC(C)C(=O)/C=C/CN(C)C.CC(C)C(=O)/C=C/CN1CCCCC1.CC(C)C(=O)/C=C/CN1CCN(C)CC1.COC/C=C/C(=O)C(C)C. The van der Waals surface area contributed by atoms with E-state index in [1.54, 1.807) is 85.1 Å². The highest BCUT2D eigenvalue weighted by Crippen LogP contribution is 2.11. The Balaban J connectivity index is -0.000000144. The standard InChI is InChI=1S/C12H22N2O.C12H21NO.C9H17NO.C8H12FNO.C8H14O2.C7H12O.C7H10O.C6H9FO.C6H10O.C5H7FO.C5H10O2S.CH4/c1-11(2)12(15)5-4-6-14-9-7-13(3)8-10-14;1-11(2)12(14)7-6-10-13-8-4-3-5-9-13;1-8(2)9(11)6-5-7-10(3)4;1-7(11)3-2-4-10-5-8(9)6-10;1-7(2)8(9)5-4-6-10-3;1-4-5-6(2)7(3)8;1-4-5-7(8)6(2)3;1-4(2)6(8)5(3)7;1-4-6(7)5(2)3;1-5(7)3-2-4-6;1-4-8(6,7)5(2)3;/h4-5,11H,6-10H2,1-3H3;6-7,11H,3-5,8-10H2,1-2H3;5-6,8H,7H2,1-4H3;2-3,8H,4-6H2,1H3;4-5,7H,6H2,1-3H3;2,4-5H2,1,3H3;6H,1-3H3;4H,3H2,1-2H3;4-5H,1H2,2-3H3;2-3H,4H2,1H3;4-5H,1H2,2-3H3;1H4/b5-4+;7-6+;6-5+;3-2+;5-4+;;;;;3-2+;;. The summed E-state index contributed by atoms with van der Waals surface area (Å²) in [6.45, 7) is 61.5. The number of alkyl halides is 2. The average molecular weight is 1550 g/mol. The monoisotopic (exact) mass is 1550 g/mol. The Hall–Kier alpha value is -6.84. The second kappa shape index (κ2) is 76.9. The molecule has 22 heteroatoms. The Morgan fingerprint density at radius 1 is 0.556 bits per heavy atom. The van der Waals surface area contributed by atoms with Crippen LogP contribution < -0.4 is 0 Å². The van der Waals surface area contributed by atoms with Crippen LogP contribution in [0, 0.1) is 53.3 Å². The minimum Gasteiger partial charge on any atom is -0.381 e. The molecule has 3 heterocycles. The van der Waals surface area contributed by atoms with Gasteiger partial charge in [0.25, 0.3) is 0 Å². The van der Waals surface area contributed by atoms with Crippen LogP contribution in [0.15, 0.2) is 122 Å². The molecule has 0 radical (unpaired) electrons. The summed E-state index contributed by atoms with van der Waals surface area (Å²) in [5, 5.41) is 0.650. The van der Waals surface area contributed by atoms with Gasteiger partial charge < -0.3 is 14.5 Å². The zero-order chi connectivity index (χ0) is 85.0. The lowest BCUT2D eigenvalue weighted by Gasteiger charge is -2.33. The number of rotatable bonds is 31. The first-order valence-electron chi connectivity index (χ1n) is 37.0. The maximum absolute atomic E-state index is 12.2. The van der Waals surface area contributed by atoms with Crippen LogP contribution in [0.1, 0.15) is 185 Å². The van der Waals surface area contributed by atoms with E-state index in [0.717, 1.165) is 69.6 Å². The Morgan fingerprint density at radius 2 is 0.935 bits per heavy atom. The summed E-state index contributed by atoms with van der Waals surface area (Å²) in [7, 11) is 4.73. The van der Waals surface area contributed by atoms with Crippen molar-refractivity contribution in [2.45, 2.75) is 196 Å². The van der Waals surface area contributed by atoms with Gasteiger partial charge in [0.2, 0.25) is 5.78 Å². The van der Waals surface area contributed by atoms with E-state index >= 15 is 0 Å². The topological polar surface area (TPSA) is 230 Å². The van der Waals surface area contributed by atoms with Crippen molar-refractivity contribution >= 4 is 67.7 Å². The molecule has 0 saturated carbocycles. The maximum Gasteiger partial charge on any atom is 0.207 e. The van der Waals surface area contributed by atoms with Crippen molar-refractivity contribution in [3.05, 3.63) is 122 Å². The molecule has 0 bridgehead atoms. The lowest BCUT2D eigenvalue weighted by atomic mass is 10.1. The molecule has 0 N–H and O–H groups in total. The van der Waals surface area contributed by atoms with E-state index in [4.69, 9.17) is 4.74 Å². The van der Waals surface area contributed by atoms with Gasteiger partial charge in [0, 0.05) is 119 Å². The minimum atomic E-state index is -2.97. The first-order valence-corrected chi connectivity index (χ1v) is 38.6. The van der Waals surface area contributed by atoms with E-state index in [1.165, 1.54) is 70.5 Å². The fraction of sp³-hybridized carbons (Fsp3) is 0.628. The number of likely N-dealkylation sites (tertiary alicyclic amines) is 2. The molecular weight excluding hydrogens is 1400 g/mol. The van der Waals surface area contributed by atoms with Crippen LogP contribution in [-0.4, -0.2) is 222 Å². The fourth-order valence-corrected chi connectivity index (χ4v) is 7.32. The van der Waals surface area contributed by atoms with E-state index in [1.807, 2.05) is 132 Å². The van der Waals surface area contributed by atoms with Gasteiger partial charge in [0.15, 0.2) is 67.7 Å². The van der Waals surface area contributed by atoms with E-state index in [-0.39, 0.29) is 106 Å². The number of carbonyl (C=O) groups is 10. The first kappa shape index (κ1) is 119. The average Bonchev–Trinajstić information content (AvgIpc) is 0.889. The molecular formula is C86H148F3N5O13S. The highest BCUT2D eigenvalue weighted by atomic mass is 32.2. The van der Waals surface area contributed by atoms with Gasteiger partial charge in [0.05, 0.1) is 11.9 Å². The number of ketones is 10. The Labute approximate surface area is 655 Å². The predicted octanol–water partition coefficient (Wildman–Crippen LogP) is 15.7. The van der Waals surface area contributed by atoms with Crippen LogP contribution in [0.3, 0.4) is 0 Å². The molecule has 0 aliphatic carbocycles. The van der Waals surface area contributed by atoms with Crippen molar-refractivity contribution in [3.63, 3.8) is 0 Å². The van der Waals surface area contributed by atoms with E-state index in [2.05, 4.69) is 59.9 Å². The van der Waals surface area contributed by atoms with Crippen molar-refractivity contribution in [1.82, 2.24) is 24.5 Å². The number of nitrogens with zero attached hydrogens (tertiary/aromatic N) is 5. The highest BCUT2D eigenvalue weighted by Gasteiger charge is 2.24. The molecule has 622 valence electrons. The highest BCUT2D eigenvalue weighted by molar-refractivity contribution is 7.94. The van der Waals surface area contributed by atoms with Crippen LogP contribution in [-0.2, 0) is 62.5 Å². The van der Waals surface area contributed by atoms with Gasteiger partial charge in [-0.25, -0.2) is 21.6 Å². The summed E-state index contributed by atoms with van der Waals surface area (Å²) in [5.74, 6) is 5.00. The van der Waals surface area contributed by atoms with Crippen molar-refractivity contribution in [1.29, 1.82) is 0 Å². The van der Waals surface area contributed by atoms with Crippen LogP contribution in [0.2, 0.25) is 0 Å². The molecule has 0 spiro atoms. The molecule has 3 fully saturated rings. The van der Waals surface area contributed by atoms with E-state index in [0.29, 0.717) is 26.2 Å². The quantitative estimate of drug-likeness (QED) is 0.0357. The largest absolute Gasteiger partial charge is 0.381 e. The summed E-state index contributed by atoms with van der Waals surface area (Å²) in [6, 6.07) is 0. The maximum atomic E-state index is 12.2. The van der Waals surface area contributed by atoms with Gasteiger partial charge in [-0.05, 0) is 149 Å². The lowest BCUT2D eigenvalue weighted by molar-refractivity contribution is -0.120. The number of ether oxygens (including phenoxy) is 1. The van der Waals surface area contributed by atoms with Crippen molar-refractivity contribution in [2.24, 2.45) is 41.4 Å². The number of hydrogen-bond donors (Lipinski definition) is 0. The third kappa shape index (κ3) is 86.4. The minimum absolute atomic E-state index is 0. The van der Waals surface area contributed by atoms with Crippen LogP contribution in [0.4, 0.5) is 13.2 Å². The smallest absolute Gasteiger partial charge is 0.207 e. The van der Waals surface area contributed by atoms with Gasteiger partial charge in [0.1, 0.15) is 12.8 Å². The van der Waals surface area contributed by atoms with Crippen LogP contribution >= 0.6 is 0 Å². The Morgan fingerprint density at radius 3 is 1.18 bits per heavy atom. The number of allylic oxidation sites excluding steroid dienone is 10. The van der Waals surface area contributed by atoms with Gasteiger partial charge in [-0.2, -0.15) is 0 Å². The summed E-state index contributed by atoms with van der Waals surface area (Å²) >= 11 is 0. The molecule has 0 aromatic carbocycles. The van der Waals surface area contributed by atoms with Crippen molar-refractivity contribution in [2.75, 3.05) is 120 Å². The van der Waals surface area contributed by atoms with E-state index in [9.17, 15) is 69.5 Å². The van der Waals surface area contributed by atoms with Gasteiger partial charge in [-0.3, -0.25) is 62.6 Å². The van der Waals surface area contributed by atoms with Gasteiger partial charge in [-0.15, -0.1) is 0 Å². The Bertz CT molecular complexity index is 2910. The summed E-state index contributed by atoms with van der Waals surface area (Å²) in [4.78, 5) is 118. The number of piperazine rings is 1. The number of methoxy groups -OCH3 is 1. The van der Waals surface area contributed by atoms with Crippen LogP contribution in [0.25, 0.3) is 0 Å². The number of sulfone groups is 1. The molecule has 0 amide bonds. The lowest BCUT2D eigenvalue weighted by Crippen LogP contribution is -2.48. The summed E-state index contributed by atoms with van der Waals surface area (Å²) in [6.07, 6.45) is 26.5. The number of hydrogen-bond acceptors (Lipinski definition) is 18. The van der Waals surface area contributed by atoms with Gasteiger partial charge >= 0.3 is 0 Å². The molecule has 3 rings (SSSR count). The van der Waals surface area contributed by atoms with Crippen molar-refractivity contribution < 1.29 is 74.3 Å². The fourth-order valence-electron chi connectivity index (χ4n) is 6.94. The molecule has 3 saturated heterocycles.